The lowest BCUT2D eigenvalue weighted by atomic mass is 10.1. The number of nitrogens with zero attached hydrogens (tertiary/aromatic N) is 2. The van der Waals surface area contributed by atoms with Crippen molar-refractivity contribution < 1.29 is 35.5 Å². The number of rotatable bonds is 6. The van der Waals surface area contributed by atoms with Crippen LogP contribution in [-0.4, -0.2) is 49.3 Å². The molecule has 0 bridgehead atoms. The van der Waals surface area contributed by atoms with Gasteiger partial charge >= 0.3 is 6.18 Å². The number of carbonyl (C=O) groups excluding carboxylic acids is 1. The van der Waals surface area contributed by atoms with Crippen molar-refractivity contribution in [2.75, 3.05) is 13.2 Å². The number of ether oxygens (including phenoxy) is 1. The van der Waals surface area contributed by atoms with Crippen molar-refractivity contribution in [3.05, 3.63) is 47.4 Å². The van der Waals surface area contributed by atoms with Crippen molar-refractivity contribution in [2.24, 2.45) is 5.73 Å². The minimum Gasteiger partial charge on any atom is -0.381 e. The van der Waals surface area contributed by atoms with E-state index in [1.54, 1.807) is 17.7 Å². The fraction of sp³-hybridized carbons (Fsp3) is 0.391. The Morgan fingerprint density at radius 3 is 2.47 bits per heavy atom. The zero-order valence-electron chi connectivity index (χ0n) is 19.4. The highest BCUT2D eigenvalue weighted by Crippen LogP contribution is 2.39. The lowest BCUT2D eigenvalue weighted by molar-refractivity contribution is -0.147. The lowest BCUT2D eigenvalue weighted by Crippen LogP contribution is -2.42. The molecule has 0 radical (unpaired) electrons. The van der Waals surface area contributed by atoms with Gasteiger partial charge in [-0.2, -0.15) is 17.9 Å². The average Bonchev–Trinajstić information content (AvgIpc) is 3.13. The molecule has 13 heteroatoms. The number of nitrogens with one attached hydrogen (secondary N) is 1. The molecule has 3 aromatic rings. The zero-order chi connectivity index (χ0) is 26.4. The largest absolute Gasteiger partial charge is 0.404 e. The van der Waals surface area contributed by atoms with E-state index in [9.17, 15) is 30.8 Å². The summed E-state index contributed by atoms with van der Waals surface area (Å²) in [6.45, 7) is 3.20. The molecule has 36 heavy (non-hydrogen) atoms. The van der Waals surface area contributed by atoms with Gasteiger partial charge in [-0.3, -0.25) is 9.78 Å². The van der Waals surface area contributed by atoms with Crippen molar-refractivity contribution in [1.82, 2.24) is 14.3 Å². The van der Waals surface area contributed by atoms with Gasteiger partial charge in [0.25, 0.3) is 5.91 Å². The molecule has 0 unspecified atom stereocenters. The SMILES string of the molecule is Cc1cc2c(cc1F)c(C(N)=O)c(-c1ccc(S(=O)(=O)N[C@H](C)C(F)(F)F)cn1)n2C1CCOCC1. The summed E-state index contributed by atoms with van der Waals surface area (Å²) in [7, 11) is -4.53. The molecule has 0 saturated carbocycles. The molecule has 1 aromatic carbocycles. The number of hydrogen-bond acceptors (Lipinski definition) is 5. The van der Waals surface area contributed by atoms with E-state index in [-0.39, 0.29) is 28.4 Å². The summed E-state index contributed by atoms with van der Waals surface area (Å²) in [5.74, 6) is -1.36. The van der Waals surface area contributed by atoms with Gasteiger partial charge in [0.05, 0.1) is 22.5 Å². The molecule has 0 spiro atoms. The number of sulfonamides is 1. The Labute approximate surface area is 204 Å². The molecular formula is C23H24F4N4O4S. The number of fused-ring (bicyclic) bond motifs is 1. The summed E-state index contributed by atoms with van der Waals surface area (Å²) in [5, 5.41) is 0.284. The van der Waals surface area contributed by atoms with E-state index in [1.807, 2.05) is 4.57 Å². The molecule has 0 aliphatic carbocycles. The van der Waals surface area contributed by atoms with Crippen molar-refractivity contribution in [1.29, 1.82) is 0 Å². The number of amides is 1. The maximum Gasteiger partial charge on any atom is 0.404 e. The van der Waals surface area contributed by atoms with Gasteiger partial charge in [0.2, 0.25) is 10.0 Å². The summed E-state index contributed by atoms with van der Waals surface area (Å²) >= 11 is 0. The smallest absolute Gasteiger partial charge is 0.381 e. The second-order valence-electron chi connectivity index (χ2n) is 8.68. The Hall–Kier alpha value is -3.03. The Bertz CT molecular complexity index is 1410. The summed E-state index contributed by atoms with van der Waals surface area (Å²) in [6.07, 6.45) is -2.67. The first-order valence-corrected chi connectivity index (χ1v) is 12.6. The first-order chi connectivity index (χ1) is 16.8. The highest BCUT2D eigenvalue weighted by molar-refractivity contribution is 7.89. The van der Waals surface area contributed by atoms with Crippen molar-refractivity contribution in [2.45, 2.75) is 49.8 Å². The summed E-state index contributed by atoms with van der Waals surface area (Å²) < 4.78 is 86.8. The highest BCUT2D eigenvalue weighted by atomic mass is 32.2. The van der Waals surface area contributed by atoms with Crippen LogP contribution in [0.5, 0.6) is 0 Å². The van der Waals surface area contributed by atoms with E-state index in [2.05, 4.69) is 4.98 Å². The molecule has 2 aromatic heterocycles. The molecule has 1 atom stereocenters. The molecule has 1 saturated heterocycles. The number of nitrogens with two attached hydrogens (primary N) is 1. The maximum atomic E-state index is 14.5. The van der Waals surface area contributed by atoms with Gasteiger partial charge in [-0.1, -0.05) is 0 Å². The van der Waals surface area contributed by atoms with E-state index in [0.717, 1.165) is 12.3 Å². The Balaban J connectivity index is 1.88. The van der Waals surface area contributed by atoms with Gasteiger partial charge in [0.15, 0.2) is 0 Å². The van der Waals surface area contributed by atoms with Crippen LogP contribution in [0.2, 0.25) is 0 Å². The van der Waals surface area contributed by atoms with Crippen LogP contribution in [0.15, 0.2) is 35.4 Å². The monoisotopic (exact) mass is 528 g/mol. The third-order valence-corrected chi connectivity index (χ3v) is 7.72. The second kappa shape index (κ2) is 9.45. The number of halogens is 4. The number of pyridine rings is 1. The van der Waals surface area contributed by atoms with Crippen LogP contribution in [0.3, 0.4) is 0 Å². The summed E-state index contributed by atoms with van der Waals surface area (Å²) in [4.78, 5) is 16.2. The third-order valence-electron chi connectivity index (χ3n) is 6.20. The van der Waals surface area contributed by atoms with E-state index in [4.69, 9.17) is 10.5 Å². The first-order valence-electron chi connectivity index (χ1n) is 11.1. The topological polar surface area (TPSA) is 116 Å². The van der Waals surface area contributed by atoms with Crippen molar-refractivity contribution in [3.63, 3.8) is 0 Å². The minimum atomic E-state index is -4.77. The summed E-state index contributed by atoms with van der Waals surface area (Å²) in [6, 6.07) is 2.76. The molecule has 1 amide bonds. The predicted octanol–water partition coefficient (Wildman–Crippen LogP) is 3.83. The molecule has 3 N–H and O–H groups in total. The number of alkyl halides is 3. The van der Waals surface area contributed by atoms with Crippen LogP contribution in [0.1, 0.15) is 41.7 Å². The van der Waals surface area contributed by atoms with Gasteiger partial charge in [0.1, 0.15) is 16.8 Å². The quantitative estimate of drug-likeness (QED) is 0.472. The Morgan fingerprint density at radius 2 is 1.92 bits per heavy atom. The Morgan fingerprint density at radius 1 is 1.25 bits per heavy atom. The van der Waals surface area contributed by atoms with Crippen LogP contribution in [0.4, 0.5) is 17.6 Å². The molecule has 3 heterocycles. The van der Waals surface area contributed by atoms with E-state index in [1.165, 1.54) is 12.1 Å². The molecule has 1 aliphatic heterocycles. The minimum absolute atomic E-state index is 0.0160. The normalized spacial score (nSPS) is 16.4. The number of aromatic nitrogens is 2. The highest BCUT2D eigenvalue weighted by Gasteiger charge is 2.39. The van der Waals surface area contributed by atoms with E-state index < -0.39 is 38.9 Å². The summed E-state index contributed by atoms with van der Waals surface area (Å²) in [5.41, 5.74) is 7.07. The maximum absolute atomic E-state index is 14.5. The van der Waals surface area contributed by atoms with Gasteiger partial charge in [-0.25, -0.2) is 12.8 Å². The predicted molar refractivity (Wildman–Crippen MR) is 123 cm³/mol. The zero-order valence-corrected chi connectivity index (χ0v) is 20.2. The van der Waals surface area contributed by atoms with Gasteiger partial charge in [0, 0.05) is 30.8 Å². The average molecular weight is 529 g/mol. The van der Waals surface area contributed by atoms with Crippen LogP contribution in [0.25, 0.3) is 22.3 Å². The number of primary amides is 1. The standard InChI is InChI=1S/C23H24F4N4O4S/c1-12-9-19-16(10-17(12)24)20(22(28)32)21(31(19)14-5-7-35-8-6-14)18-4-3-15(11-29-18)36(33,34)30-13(2)23(25,26)27/h3-4,9-11,13-14,30H,5-8H2,1-2H3,(H2,28,32)/t13-/m1/s1. The lowest BCUT2D eigenvalue weighted by Gasteiger charge is -2.27. The number of carbonyl (C=O) groups is 1. The van der Waals surface area contributed by atoms with Crippen LogP contribution in [0, 0.1) is 12.7 Å². The van der Waals surface area contributed by atoms with E-state index >= 15 is 0 Å². The number of hydrogen-bond donors (Lipinski definition) is 2. The van der Waals surface area contributed by atoms with Crippen molar-refractivity contribution in [3.8, 4) is 11.4 Å². The second-order valence-corrected chi connectivity index (χ2v) is 10.4. The van der Waals surface area contributed by atoms with Crippen LogP contribution in [-0.2, 0) is 14.8 Å². The number of aryl methyl sites for hydroxylation is 1. The molecular weight excluding hydrogens is 504 g/mol. The molecule has 1 fully saturated rings. The van der Waals surface area contributed by atoms with Gasteiger partial charge < -0.3 is 15.0 Å². The molecule has 194 valence electrons. The molecule has 8 nitrogen and oxygen atoms in total. The van der Waals surface area contributed by atoms with Gasteiger partial charge in [-0.15, -0.1) is 0 Å². The number of benzene rings is 1. The third kappa shape index (κ3) is 4.82. The van der Waals surface area contributed by atoms with Crippen LogP contribution < -0.4 is 10.5 Å². The first kappa shape index (κ1) is 26.0. The van der Waals surface area contributed by atoms with Crippen LogP contribution >= 0.6 is 0 Å². The van der Waals surface area contributed by atoms with Crippen molar-refractivity contribution >= 4 is 26.8 Å². The Kier molecular flexibility index (Phi) is 6.84. The van der Waals surface area contributed by atoms with Gasteiger partial charge in [-0.05, 0) is 56.5 Å². The molecule has 1 aliphatic rings. The fourth-order valence-corrected chi connectivity index (χ4v) is 5.48. The molecule has 4 rings (SSSR count). The van der Waals surface area contributed by atoms with E-state index in [0.29, 0.717) is 44.1 Å². The fourth-order valence-electron chi connectivity index (χ4n) is 4.30.